The molecule has 0 radical (unpaired) electrons. The summed E-state index contributed by atoms with van der Waals surface area (Å²) < 4.78 is 0. The van der Waals surface area contributed by atoms with Crippen LogP contribution in [0, 0.1) is 0 Å². The summed E-state index contributed by atoms with van der Waals surface area (Å²) >= 11 is 0. The monoisotopic (exact) mass is 376 g/mol. The topological polar surface area (TPSA) is 0 Å². The first-order chi connectivity index (χ1) is 14.3. The number of benzene rings is 4. The highest BCUT2D eigenvalue weighted by molar-refractivity contribution is 5.63. The summed E-state index contributed by atoms with van der Waals surface area (Å²) in [7, 11) is 0. The van der Waals surface area contributed by atoms with E-state index in [1.54, 1.807) is 0 Å². The molecule has 144 valence electrons. The lowest BCUT2D eigenvalue weighted by molar-refractivity contribution is 0.562. The molecule has 0 spiro atoms. The van der Waals surface area contributed by atoms with Crippen molar-refractivity contribution >= 4 is 0 Å². The van der Waals surface area contributed by atoms with Gasteiger partial charge >= 0.3 is 0 Å². The summed E-state index contributed by atoms with van der Waals surface area (Å²) in [5, 5.41) is 0. The van der Waals surface area contributed by atoms with Crippen molar-refractivity contribution in [2.75, 3.05) is 0 Å². The van der Waals surface area contributed by atoms with Crippen LogP contribution in [0.5, 0.6) is 0 Å². The van der Waals surface area contributed by atoms with Gasteiger partial charge in [0.15, 0.2) is 0 Å². The minimum atomic E-state index is 0.413. The Morgan fingerprint density at radius 3 is 1.41 bits per heavy atom. The van der Waals surface area contributed by atoms with Gasteiger partial charge in [-0.2, -0.15) is 0 Å². The molecule has 0 aromatic heterocycles. The lowest BCUT2D eigenvalue weighted by atomic mass is 9.80. The van der Waals surface area contributed by atoms with Crippen molar-refractivity contribution in [2.24, 2.45) is 0 Å². The van der Waals surface area contributed by atoms with Crippen LogP contribution in [0.3, 0.4) is 0 Å². The molecule has 0 N–H and O–H groups in total. The van der Waals surface area contributed by atoms with E-state index in [0.717, 1.165) is 12.8 Å². The molecule has 1 atom stereocenters. The Hall–Kier alpha value is -3.12. The second-order valence-corrected chi connectivity index (χ2v) is 7.70. The van der Waals surface area contributed by atoms with Gasteiger partial charge in [0.1, 0.15) is 0 Å². The molecular formula is C29H28. The maximum atomic E-state index is 2.32. The van der Waals surface area contributed by atoms with Gasteiger partial charge in [-0.3, -0.25) is 0 Å². The lowest BCUT2D eigenvalue weighted by Crippen LogP contribution is -2.08. The molecule has 29 heavy (non-hydrogen) atoms. The molecule has 0 amide bonds. The van der Waals surface area contributed by atoms with Crippen LogP contribution in [0.25, 0.3) is 11.1 Å². The molecule has 0 saturated heterocycles. The van der Waals surface area contributed by atoms with Crippen LogP contribution in [0.2, 0.25) is 0 Å². The standard InChI is InChI=1S/C29H28/c1-2-23(25-18-20-26(21-19-25)24-12-6-3-7-13-24)22-29(27-14-8-4-9-15-27)28-16-10-5-11-17-28/h3-21,23,29H,2,22H2,1H3. The Bertz CT molecular complexity index is 947. The first-order valence-electron chi connectivity index (χ1n) is 10.6. The SMILES string of the molecule is CCC(CC(c1ccccc1)c1ccccc1)c1ccc(-c2ccccc2)cc1. The van der Waals surface area contributed by atoms with E-state index in [1.165, 1.54) is 27.8 Å². The summed E-state index contributed by atoms with van der Waals surface area (Å²) in [4.78, 5) is 0. The van der Waals surface area contributed by atoms with E-state index in [9.17, 15) is 0 Å². The van der Waals surface area contributed by atoms with Gasteiger partial charge in [0.05, 0.1) is 0 Å². The second-order valence-electron chi connectivity index (χ2n) is 7.70. The van der Waals surface area contributed by atoms with Gasteiger partial charge in [-0.15, -0.1) is 0 Å². The van der Waals surface area contributed by atoms with Crippen LogP contribution < -0.4 is 0 Å². The minimum Gasteiger partial charge on any atom is -0.0648 e. The predicted octanol–water partition coefficient (Wildman–Crippen LogP) is 8.07. The fourth-order valence-electron chi connectivity index (χ4n) is 4.24. The van der Waals surface area contributed by atoms with Gasteiger partial charge in [-0.05, 0) is 46.6 Å². The van der Waals surface area contributed by atoms with Crippen molar-refractivity contribution in [3.8, 4) is 11.1 Å². The summed E-state index contributed by atoms with van der Waals surface area (Å²) in [6, 6.07) is 41.7. The van der Waals surface area contributed by atoms with E-state index >= 15 is 0 Å². The van der Waals surface area contributed by atoms with Crippen LogP contribution in [0.15, 0.2) is 115 Å². The third kappa shape index (κ3) is 4.66. The average Bonchev–Trinajstić information content (AvgIpc) is 2.82. The maximum absolute atomic E-state index is 2.32. The van der Waals surface area contributed by atoms with Gasteiger partial charge in [0, 0.05) is 5.92 Å². The van der Waals surface area contributed by atoms with Crippen LogP contribution in [0.4, 0.5) is 0 Å². The van der Waals surface area contributed by atoms with Gasteiger partial charge < -0.3 is 0 Å². The van der Waals surface area contributed by atoms with Crippen molar-refractivity contribution in [1.29, 1.82) is 0 Å². The molecule has 0 bridgehead atoms. The van der Waals surface area contributed by atoms with Crippen LogP contribution >= 0.6 is 0 Å². The summed E-state index contributed by atoms with van der Waals surface area (Å²) in [6.07, 6.45) is 2.26. The smallest absolute Gasteiger partial charge is 0.00951 e. The van der Waals surface area contributed by atoms with E-state index < -0.39 is 0 Å². The van der Waals surface area contributed by atoms with E-state index in [4.69, 9.17) is 0 Å². The van der Waals surface area contributed by atoms with E-state index in [1.807, 2.05) is 0 Å². The molecule has 4 aromatic carbocycles. The fraction of sp³-hybridized carbons (Fsp3) is 0.172. The fourth-order valence-corrected chi connectivity index (χ4v) is 4.24. The third-order valence-electron chi connectivity index (χ3n) is 5.91. The molecule has 0 heterocycles. The van der Waals surface area contributed by atoms with Crippen molar-refractivity contribution in [2.45, 2.75) is 31.6 Å². The van der Waals surface area contributed by atoms with Gasteiger partial charge in [0.2, 0.25) is 0 Å². The third-order valence-corrected chi connectivity index (χ3v) is 5.91. The highest BCUT2D eigenvalue weighted by Crippen LogP contribution is 2.37. The normalized spacial score (nSPS) is 12.1. The molecule has 0 aliphatic rings. The first kappa shape index (κ1) is 19.2. The van der Waals surface area contributed by atoms with Crippen molar-refractivity contribution in [3.63, 3.8) is 0 Å². The zero-order valence-corrected chi connectivity index (χ0v) is 17.0. The zero-order chi connectivity index (χ0) is 19.9. The van der Waals surface area contributed by atoms with E-state index in [-0.39, 0.29) is 0 Å². The van der Waals surface area contributed by atoms with Crippen molar-refractivity contribution in [1.82, 2.24) is 0 Å². The summed E-state index contributed by atoms with van der Waals surface area (Å²) in [5.74, 6) is 0.946. The number of hydrogen-bond donors (Lipinski definition) is 0. The number of hydrogen-bond acceptors (Lipinski definition) is 0. The maximum Gasteiger partial charge on any atom is 0.00951 e. The van der Waals surface area contributed by atoms with Gasteiger partial charge in [-0.25, -0.2) is 0 Å². The highest BCUT2D eigenvalue weighted by atomic mass is 14.2. The predicted molar refractivity (Wildman–Crippen MR) is 124 cm³/mol. The minimum absolute atomic E-state index is 0.413. The lowest BCUT2D eigenvalue weighted by Gasteiger charge is -2.24. The first-order valence-corrected chi connectivity index (χ1v) is 10.6. The molecule has 0 aliphatic carbocycles. The molecule has 4 aromatic rings. The summed E-state index contributed by atoms with van der Waals surface area (Å²) in [6.45, 7) is 2.31. The Balaban J connectivity index is 1.61. The molecular weight excluding hydrogens is 348 g/mol. The van der Waals surface area contributed by atoms with E-state index in [0.29, 0.717) is 11.8 Å². The van der Waals surface area contributed by atoms with Crippen LogP contribution in [0.1, 0.15) is 48.3 Å². The van der Waals surface area contributed by atoms with Crippen molar-refractivity contribution < 1.29 is 0 Å². The Morgan fingerprint density at radius 2 is 0.931 bits per heavy atom. The summed E-state index contributed by atoms with van der Waals surface area (Å²) in [5.41, 5.74) is 6.80. The molecule has 0 aliphatic heterocycles. The van der Waals surface area contributed by atoms with Crippen LogP contribution in [-0.4, -0.2) is 0 Å². The molecule has 0 saturated carbocycles. The number of rotatable bonds is 7. The largest absolute Gasteiger partial charge is 0.0648 e. The van der Waals surface area contributed by atoms with E-state index in [2.05, 4.69) is 122 Å². The molecule has 0 heteroatoms. The Morgan fingerprint density at radius 1 is 0.483 bits per heavy atom. The molecule has 1 unspecified atom stereocenters. The quantitative estimate of drug-likeness (QED) is 0.306. The van der Waals surface area contributed by atoms with Gasteiger partial charge in [0.25, 0.3) is 0 Å². The Kier molecular flexibility index (Phi) is 6.22. The molecule has 0 nitrogen and oxygen atoms in total. The van der Waals surface area contributed by atoms with Crippen molar-refractivity contribution in [3.05, 3.63) is 132 Å². The molecule has 4 rings (SSSR count). The Labute approximate surface area is 174 Å². The highest BCUT2D eigenvalue weighted by Gasteiger charge is 2.20. The van der Waals surface area contributed by atoms with Gasteiger partial charge in [-0.1, -0.05) is 122 Å². The average molecular weight is 377 g/mol. The second kappa shape index (κ2) is 9.39. The zero-order valence-electron chi connectivity index (χ0n) is 17.0. The van der Waals surface area contributed by atoms with Crippen LogP contribution in [-0.2, 0) is 0 Å². The molecule has 0 fully saturated rings.